The highest BCUT2D eigenvalue weighted by Gasteiger charge is 2.44. The third-order valence-electron chi connectivity index (χ3n) is 4.14. The Kier molecular flexibility index (Phi) is 4.36. The van der Waals surface area contributed by atoms with Crippen molar-refractivity contribution >= 4 is 0 Å². The van der Waals surface area contributed by atoms with Gasteiger partial charge in [0.25, 0.3) is 0 Å². The molecule has 1 aliphatic carbocycles. The third-order valence-corrected chi connectivity index (χ3v) is 4.14. The summed E-state index contributed by atoms with van der Waals surface area (Å²) in [7, 11) is 0. The third kappa shape index (κ3) is 3.13. The summed E-state index contributed by atoms with van der Waals surface area (Å²) in [4.78, 5) is 4.06. The molecule has 4 nitrogen and oxygen atoms in total. The van der Waals surface area contributed by atoms with Crippen LogP contribution in [0.4, 0.5) is 13.2 Å². The molecule has 0 aliphatic heterocycles. The Labute approximate surface area is 115 Å². The average Bonchev–Trinajstić information content (AvgIpc) is 3.03. The lowest BCUT2D eigenvalue weighted by Gasteiger charge is -2.18. The van der Waals surface area contributed by atoms with E-state index in [2.05, 4.69) is 17.1 Å². The van der Waals surface area contributed by atoms with Gasteiger partial charge in [-0.15, -0.1) is 0 Å². The van der Waals surface area contributed by atoms with Crippen LogP contribution in [0.5, 0.6) is 0 Å². The second kappa shape index (κ2) is 5.71. The maximum Gasteiger partial charge on any atom is 0.415 e. The maximum absolute atomic E-state index is 12.5. The van der Waals surface area contributed by atoms with E-state index in [-0.39, 0.29) is 11.8 Å². The molecule has 7 heteroatoms. The van der Waals surface area contributed by atoms with Gasteiger partial charge in [0, 0.05) is 5.92 Å². The van der Waals surface area contributed by atoms with E-state index in [1.165, 1.54) is 6.92 Å². The molecule has 1 aromatic heterocycles. The molecule has 0 bridgehead atoms. The van der Waals surface area contributed by atoms with Gasteiger partial charge >= 0.3 is 6.18 Å². The molecule has 1 aliphatic rings. The van der Waals surface area contributed by atoms with Crippen LogP contribution in [0.15, 0.2) is 4.52 Å². The molecule has 114 valence electrons. The molecule has 1 aromatic rings. The van der Waals surface area contributed by atoms with Crippen LogP contribution in [0, 0.1) is 5.92 Å². The number of nitrogens with zero attached hydrogens (tertiary/aromatic N) is 2. The maximum atomic E-state index is 12.5. The van der Waals surface area contributed by atoms with Gasteiger partial charge in [-0.25, -0.2) is 0 Å². The summed E-state index contributed by atoms with van der Waals surface area (Å²) in [5, 5.41) is 13.0. The molecule has 1 heterocycles. The van der Waals surface area contributed by atoms with Crippen LogP contribution in [-0.4, -0.2) is 27.5 Å². The van der Waals surface area contributed by atoms with E-state index < -0.39 is 18.2 Å². The molecule has 4 atom stereocenters. The fourth-order valence-corrected chi connectivity index (χ4v) is 2.70. The summed E-state index contributed by atoms with van der Waals surface area (Å²) in [6.45, 7) is 3.36. The highest BCUT2D eigenvalue weighted by Crippen LogP contribution is 2.39. The summed E-state index contributed by atoms with van der Waals surface area (Å²) in [5.74, 6) is -0.144. The quantitative estimate of drug-likeness (QED) is 0.924. The predicted octanol–water partition coefficient (Wildman–Crippen LogP) is 3.39. The monoisotopic (exact) mass is 292 g/mol. The first kappa shape index (κ1) is 15.3. The lowest BCUT2D eigenvalue weighted by Crippen LogP contribution is -2.33. The second-order valence-electron chi connectivity index (χ2n) is 5.55. The first-order valence-electron chi connectivity index (χ1n) is 6.91. The van der Waals surface area contributed by atoms with Gasteiger partial charge in [-0.3, -0.25) is 0 Å². The van der Waals surface area contributed by atoms with Crippen molar-refractivity contribution in [3.05, 3.63) is 11.7 Å². The van der Waals surface area contributed by atoms with Crippen molar-refractivity contribution < 1.29 is 22.8 Å². The van der Waals surface area contributed by atoms with Gasteiger partial charge in [0.05, 0.1) is 5.92 Å². The van der Waals surface area contributed by atoms with Crippen LogP contribution in [-0.2, 0) is 0 Å². The smallest absolute Gasteiger partial charge is 0.383 e. The Morgan fingerprint density at radius 1 is 1.40 bits per heavy atom. The van der Waals surface area contributed by atoms with Crippen molar-refractivity contribution in [2.45, 2.75) is 63.6 Å². The molecule has 1 fully saturated rings. The normalized spacial score (nSPS) is 26.7. The minimum Gasteiger partial charge on any atom is -0.383 e. The molecular weight excluding hydrogens is 273 g/mol. The topological polar surface area (TPSA) is 59.2 Å². The summed E-state index contributed by atoms with van der Waals surface area (Å²) < 4.78 is 42.3. The molecule has 0 saturated heterocycles. The molecule has 0 radical (unpaired) electrons. The zero-order valence-electron chi connectivity index (χ0n) is 11.5. The lowest BCUT2D eigenvalue weighted by atomic mass is 10.0. The van der Waals surface area contributed by atoms with E-state index >= 15 is 0 Å². The molecule has 0 amide bonds. The van der Waals surface area contributed by atoms with Crippen molar-refractivity contribution in [1.29, 1.82) is 0 Å². The van der Waals surface area contributed by atoms with Crippen molar-refractivity contribution in [3.63, 3.8) is 0 Å². The Bertz CT molecular complexity index is 447. The van der Waals surface area contributed by atoms with Gasteiger partial charge in [-0.2, -0.15) is 18.2 Å². The largest absolute Gasteiger partial charge is 0.415 e. The lowest BCUT2D eigenvalue weighted by molar-refractivity contribution is -0.210. The van der Waals surface area contributed by atoms with Crippen LogP contribution in [0.1, 0.15) is 63.1 Å². The van der Waals surface area contributed by atoms with Crippen LogP contribution in [0.2, 0.25) is 0 Å². The molecule has 0 aromatic carbocycles. The summed E-state index contributed by atoms with van der Waals surface area (Å²) in [6, 6.07) is 0. The van der Waals surface area contributed by atoms with E-state index in [9.17, 15) is 18.3 Å². The Balaban J connectivity index is 2.06. The standard InChI is InChI=1S/C13H19F3N2O2/c1-3-8-4-5-9(6-8)11-17-12(20-18-11)7(2)10(19)13(14,15)16/h7-10,19H,3-6H2,1-2H3. The summed E-state index contributed by atoms with van der Waals surface area (Å²) >= 11 is 0. The first-order valence-corrected chi connectivity index (χ1v) is 6.91. The minimum atomic E-state index is -4.69. The zero-order valence-corrected chi connectivity index (χ0v) is 11.5. The summed E-state index contributed by atoms with van der Waals surface area (Å²) in [5.41, 5.74) is 0. The Morgan fingerprint density at radius 3 is 2.65 bits per heavy atom. The minimum absolute atomic E-state index is 0.148. The van der Waals surface area contributed by atoms with Gasteiger partial charge in [0.15, 0.2) is 11.9 Å². The highest BCUT2D eigenvalue weighted by molar-refractivity contribution is 5.03. The van der Waals surface area contributed by atoms with Crippen LogP contribution in [0.3, 0.4) is 0 Å². The number of hydrogen-bond donors (Lipinski definition) is 1. The number of aliphatic hydroxyl groups excluding tert-OH is 1. The van der Waals surface area contributed by atoms with Gasteiger partial charge < -0.3 is 9.63 Å². The molecule has 1 saturated carbocycles. The van der Waals surface area contributed by atoms with Crippen molar-refractivity contribution in [1.82, 2.24) is 10.1 Å². The van der Waals surface area contributed by atoms with E-state index in [0.29, 0.717) is 11.7 Å². The molecule has 20 heavy (non-hydrogen) atoms. The number of aromatic nitrogens is 2. The Hall–Kier alpha value is -1.11. The number of rotatable bonds is 4. The molecule has 4 unspecified atom stereocenters. The fourth-order valence-electron chi connectivity index (χ4n) is 2.70. The number of alkyl halides is 3. The van der Waals surface area contributed by atoms with E-state index in [4.69, 9.17) is 4.52 Å². The SMILES string of the molecule is CCC1CCC(c2noc(C(C)C(O)C(F)(F)F)n2)C1. The van der Waals surface area contributed by atoms with E-state index in [1.807, 2.05) is 0 Å². The predicted molar refractivity (Wildman–Crippen MR) is 65.1 cm³/mol. The van der Waals surface area contributed by atoms with Crippen LogP contribution < -0.4 is 0 Å². The molecule has 0 spiro atoms. The second-order valence-corrected chi connectivity index (χ2v) is 5.55. The number of aliphatic hydroxyl groups is 1. The van der Waals surface area contributed by atoms with Crippen LogP contribution >= 0.6 is 0 Å². The molecular formula is C13H19F3N2O2. The highest BCUT2D eigenvalue weighted by atomic mass is 19.4. The van der Waals surface area contributed by atoms with E-state index in [1.54, 1.807) is 0 Å². The average molecular weight is 292 g/mol. The van der Waals surface area contributed by atoms with Crippen LogP contribution in [0.25, 0.3) is 0 Å². The van der Waals surface area contributed by atoms with Gasteiger partial charge in [-0.05, 0) is 25.2 Å². The number of hydrogen-bond acceptors (Lipinski definition) is 4. The van der Waals surface area contributed by atoms with Crippen molar-refractivity contribution in [3.8, 4) is 0 Å². The molecule has 1 N–H and O–H groups in total. The first-order chi connectivity index (χ1) is 9.32. The Morgan fingerprint density at radius 2 is 2.10 bits per heavy atom. The van der Waals surface area contributed by atoms with Gasteiger partial charge in [0.2, 0.25) is 5.89 Å². The fraction of sp³-hybridized carbons (Fsp3) is 0.846. The van der Waals surface area contributed by atoms with Crippen molar-refractivity contribution in [2.75, 3.05) is 0 Å². The molecule has 2 rings (SSSR count). The van der Waals surface area contributed by atoms with Crippen molar-refractivity contribution in [2.24, 2.45) is 5.92 Å². The number of halogens is 3. The van der Waals surface area contributed by atoms with Gasteiger partial charge in [0.1, 0.15) is 0 Å². The summed E-state index contributed by atoms with van der Waals surface area (Å²) in [6.07, 6.45) is -3.10. The van der Waals surface area contributed by atoms with E-state index in [0.717, 1.165) is 25.7 Å². The zero-order chi connectivity index (χ0) is 14.9. The van der Waals surface area contributed by atoms with Gasteiger partial charge in [-0.1, -0.05) is 25.4 Å².